The molecule has 0 heterocycles. The van der Waals surface area contributed by atoms with Gasteiger partial charge < -0.3 is 5.32 Å². The number of nitrogens with one attached hydrogen (secondary N) is 3. The lowest BCUT2D eigenvalue weighted by molar-refractivity contribution is -0.384. The fraction of sp³-hybridized carbons (Fsp3) is 0.500. The quantitative estimate of drug-likeness (QED) is 0.451. The van der Waals surface area contributed by atoms with Crippen molar-refractivity contribution in [3.05, 3.63) is 34.4 Å². The molecule has 1 saturated carbocycles. The van der Waals surface area contributed by atoms with Crippen molar-refractivity contribution in [2.45, 2.75) is 38.6 Å². The van der Waals surface area contributed by atoms with E-state index in [0.717, 1.165) is 6.42 Å². The van der Waals surface area contributed by atoms with Crippen molar-refractivity contribution in [3.63, 3.8) is 0 Å². The Bertz CT molecular complexity index is 523. The third-order valence-corrected chi connectivity index (χ3v) is 4.06. The molecular weight excluding hydrogens is 288 g/mol. The standard InChI is InChI=1S/C14H20N4O2S/c1-10-6-2-3-7-11(10)15-14(21)17-16-12-8-4-5-9-13(12)18(19)20/h4-5,8-11,16H,2-3,6-7H2,1H3,(H2,15,17,21)/t10-,11+/m1/s1. The van der Waals surface area contributed by atoms with Crippen LogP contribution in [0.15, 0.2) is 24.3 Å². The van der Waals surface area contributed by atoms with Gasteiger partial charge in [-0.05, 0) is 37.0 Å². The van der Waals surface area contributed by atoms with Gasteiger partial charge in [-0.15, -0.1) is 0 Å². The van der Waals surface area contributed by atoms with E-state index in [1.165, 1.54) is 25.3 Å². The molecule has 0 radical (unpaired) electrons. The largest absolute Gasteiger partial charge is 0.358 e. The van der Waals surface area contributed by atoms with Crippen LogP contribution in [-0.4, -0.2) is 16.1 Å². The molecule has 0 unspecified atom stereocenters. The first-order valence-corrected chi connectivity index (χ1v) is 7.54. The van der Waals surface area contributed by atoms with Crippen LogP contribution in [0.2, 0.25) is 0 Å². The van der Waals surface area contributed by atoms with Gasteiger partial charge in [0.05, 0.1) is 4.92 Å². The summed E-state index contributed by atoms with van der Waals surface area (Å²) in [7, 11) is 0. The highest BCUT2D eigenvalue weighted by atomic mass is 32.1. The van der Waals surface area contributed by atoms with Crippen molar-refractivity contribution in [3.8, 4) is 0 Å². The van der Waals surface area contributed by atoms with Crippen LogP contribution in [0.5, 0.6) is 0 Å². The minimum absolute atomic E-state index is 0.0128. The summed E-state index contributed by atoms with van der Waals surface area (Å²) in [5.41, 5.74) is 6.04. The molecule has 3 N–H and O–H groups in total. The molecule has 0 amide bonds. The first kappa shape index (κ1) is 15.5. The van der Waals surface area contributed by atoms with Gasteiger partial charge in [0.2, 0.25) is 0 Å². The number of rotatable bonds is 4. The van der Waals surface area contributed by atoms with Crippen LogP contribution in [0.1, 0.15) is 32.6 Å². The maximum Gasteiger partial charge on any atom is 0.294 e. The second kappa shape index (κ2) is 7.21. The highest BCUT2D eigenvalue weighted by Gasteiger charge is 2.21. The lowest BCUT2D eigenvalue weighted by Gasteiger charge is -2.30. The van der Waals surface area contributed by atoms with E-state index in [1.54, 1.807) is 18.2 Å². The second-order valence-corrected chi connectivity index (χ2v) is 5.77. The van der Waals surface area contributed by atoms with E-state index in [2.05, 4.69) is 23.1 Å². The summed E-state index contributed by atoms with van der Waals surface area (Å²) in [5, 5.41) is 14.7. The number of thiocarbonyl (C=S) groups is 1. The molecule has 7 heteroatoms. The molecule has 1 aliphatic rings. The smallest absolute Gasteiger partial charge is 0.294 e. The van der Waals surface area contributed by atoms with Crippen LogP contribution in [0.3, 0.4) is 0 Å². The number of nitro groups is 1. The van der Waals surface area contributed by atoms with Crippen molar-refractivity contribution >= 4 is 28.7 Å². The van der Waals surface area contributed by atoms with Gasteiger partial charge in [0, 0.05) is 12.1 Å². The Balaban J connectivity index is 1.88. The molecule has 1 fully saturated rings. The molecule has 1 aromatic carbocycles. The zero-order valence-electron chi connectivity index (χ0n) is 12.0. The second-order valence-electron chi connectivity index (χ2n) is 5.37. The molecule has 0 aromatic heterocycles. The molecular formula is C14H20N4O2S. The molecule has 21 heavy (non-hydrogen) atoms. The predicted octanol–water partition coefficient (Wildman–Crippen LogP) is 2.96. The Kier molecular flexibility index (Phi) is 5.32. The average Bonchev–Trinajstić information content (AvgIpc) is 2.48. The minimum Gasteiger partial charge on any atom is -0.358 e. The van der Waals surface area contributed by atoms with Crippen LogP contribution in [0, 0.1) is 16.0 Å². The van der Waals surface area contributed by atoms with Crippen molar-refractivity contribution in [2.24, 2.45) is 5.92 Å². The lowest BCUT2D eigenvalue weighted by Crippen LogP contribution is -2.47. The molecule has 2 rings (SSSR count). The van der Waals surface area contributed by atoms with Crippen molar-refractivity contribution < 1.29 is 4.92 Å². The number of hydrogen-bond donors (Lipinski definition) is 3. The van der Waals surface area contributed by atoms with E-state index in [9.17, 15) is 10.1 Å². The Hall–Kier alpha value is -1.89. The summed E-state index contributed by atoms with van der Waals surface area (Å²) >= 11 is 5.24. The van der Waals surface area contributed by atoms with E-state index in [1.807, 2.05) is 0 Å². The normalized spacial score (nSPS) is 21.4. The number of para-hydroxylation sites is 2. The molecule has 114 valence electrons. The molecule has 1 aromatic rings. The van der Waals surface area contributed by atoms with Crippen LogP contribution in [-0.2, 0) is 0 Å². The fourth-order valence-corrected chi connectivity index (χ4v) is 2.80. The van der Waals surface area contributed by atoms with Crippen molar-refractivity contribution in [2.75, 3.05) is 5.43 Å². The van der Waals surface area contributed by atoms with Crippen molar-refractivity contribution in [1.29, 1.82) is 0 Å². The number of anilines is 1. The first-order valence-electron chi connectivity index (χ1n) is 7.14. The first-order chi connectivity index (χ1) is 10.1. The highest BCUT2D eigenvalue weighted by molar-refractivity contribution is 7.80. The fourth-order valence-electron chi connectivity index (χ4n) is 2.60. The van der Waals surface area contributed by atoms with E-state index < -0.39 is 4.92 Å². The lowest BCUT2D eigenvalue weighted by atomic mass is 9.86. The van der Waals surface area contributed by atoms with Gasteiger partial charge in [0.1, 0.15) is 5.69 Å². The van der Waals surface area contributed by atoms with Gasteiger partial charge >= 0.3 is 0 Å². The zero-order valence-corrected chi connectivity index (χ0v) is 12.8. The van der Waals surface area contributed by atoms with E-state index in [-0.39, 0.29) is 5.69 Å². The van der Waals surface area contributed by atoms with Gasteiger partial charge in [-0.2, -0.15) is 0 Å². The summed E-state index contributed by atoms with van der Waals surface area (Å²) in [5.74, 6) is 0.588. The number of hydrogen-bond acceptors (Lipinski definition) is 4. The monoisotopic (exact) mass is 308 g/mol. The van der Waals surface area contributed by atoms with Gasteiger partial charge in [0.25, 0.3) is 5.69 Å². The number of nitro benzene ring substituents is 1. The van der Waals surface area contributed by atoms with E-state index in [0.29, 0.717) is 22.8 Å². The summed E-state index contributed by atoms with van der Waals surface area (Å²) in [6.07, 6.45) is 4.79. The Labute approximate surface area is 129 Å². The Morgan fingerprint density at radius 3 is 2.76 bits per heavy atom. The maximum absolute atomic E-state index is 10.9. The summed E-state index contributed by atoms with van der Waals surface area (Å²) < 4.78 is 0. The topological polar surface area (TPSA) is 79.2 Å². The molecule has 2 atom stereocenters. The molecule has 0 aliphatic heterocycles. The third kappa shape index (κ3) is 4.29. The van der Waals surface area contributed by atoms with Gasteiger partial charge in [0.15, 0.2) is 5.11 Å². The van der Waals surface area contributed by atoms with Gasteiger partial charge in [-0.3, -0.25) is 21.0 Å². The highest BCUT2D eigenvalue weighted by Crippen LogP contribution is 2.24. The van der Waals surface area contributed by atoms with Gasteiger partial charge in [-0.25, -0.2) is 0 Å². The van der Waals surface area contributed by atoms with E-state index >= 15 is 0 Å². The molecule has 0 saturated heterocycles. The predicted molar refractivity (Wildman–Crippen MR) is 87.0 cm³/mol. The average molecular weight is 308 g/mol. The van der Waals surface area contributed by atoms with Crippen LogP contribution >= 0.6 is 12.2 Å². The Morgan fingerprint density at radius 2 is 2.05 bits per heavy atom. The Morgan fingerprint density at radius 1 is 1.33 bits per heavy atom. The summed E-state index contributed by atoms with van der Waals surface area (Å²) in [4.78, 5) is 10.5. The molecule has 1 aliphatic carbocycles. The molecule has 6 nitrogen and oxygen atoms in total. The number of benzene rings is 1. The van der Waals surface area contributed by atoms with Crippen LogP contribution in [0.4, 0.5) is 11.4 Å². The van der Waals surface area contributed by atoms with Gasteiger partial charge in [-0.1, -0.05) is 31.9 Å². The van der Waals surface area contributed by atoms with Crippen LogP contribution in [0.25, 0.3) is 0 Å². The number of nitrogens with zero attached hydrogens (tertiary/aromatic N) is 1. The molecule has 0 bridgehead atoms. The third-order valence-electron chi connectivity index (χ3n) is 3.84. The molecule has 0 spiro atoms. The summed E-state index contributed by atoms with van der Waals surface area (Å²) in [6, 6.07) is 6.81. The number of hydrazine groups is 1. The van der Waals surface area contributed by atoms with Crippen molar-refractivity contribution in [1.82, 2.24) is 10.7 Å². The summed E-state index contributed by atoms with van der Waals surface area (Å²) in [6.45, 7) is 2.22. The zero-order chi connectivity index (χ0) is 15.2. The van der Waals surface area contributed by atoms with Crippen LogP contribution < -0.4 is 16.2 Å². The van der Waals surface area contributed by atoms with E-state index in [4.69, 9.17) is 12.2 Å². The minimum atomic E-state index is -0.427. The SMILES string of the molecule is C[C@@H]1CCCC[C@@H]1NC(=S)NNc1ccccc1[N+](=O)[O-]. The maximum atomic E-state index is 10.9.